The molecule has 0 rings (SSSR count). The molecule has 0 aliphatic rings. The van der Waals surface area contributed by atoms with Crippen LogP contribution in [-0.4, -0.2) is 11.9 Å². The van der Waals surface area contributed by atoms with Gasteiger partial charge in [0.15, 0.2) is 0 Å². The third-order valence-electron chi connectivity index (χ3n) is 0.299. The lowest BCUT2D eigenvalue weighted by Gasteiger charge is -1.88. The van der Waals surface area contributed by atoms with Gasteiger partial charge in [0.05, 0.1) is 0 Å². The monoisotopic (exact) mass is 102 g/mol. The maximum absolute atomic E-state index is 9.84. The van der Waals surface area contributed by atoms with E-state index in [9.17, 15) is 9.59 Å². The van der Waals surface area contributed by atoms with Crippen LogP contribution in [0.25, 0.3) is 0 Å². The molecule has 0 fully saturated rings. The van der Waals surface area contributed by atoms with Gasteiger partial charge in [-0.2, -0.15) is 0 Å². The van der Waals surface area contributed by atoms with Crippen molar-refractivity contribution < 1.29 is 9.59 Å². The molecule has 0 saturated carbocycles. The van der Waals surface area contributed by atoms with E-state index in [2.05, 4.69) is 5.73 Å². The average molecular weight is 102 g/mol. The Morgan fingerprint density at radius 2 is 2.00 bits per heavy atom. The summed E-state index contributed by atoms with van der Waals surface area (Å²) in [6.45, 7) is 1.21. The summed E-state index contributed by atoms with van der Waals surface area (Å²) in [4.78, 5) is 19.5. The van der Waals surface area contributed by atoms with Crippen LogP contribution in [0, 0.1) is 0 Å². The highest BCUT2D eigenvalue weighted by molar-refractivity contribution is 5.91. The van der Waals surface area contributed by atoms with Crippen molar-refractivity contribution in [2.24, 2.45) is 5.73 Å². The predicted molar refractivity (Wildman–Crippen MR) is 23.4 cm³/mol. The van der Waals surface area contributed by atoms with Crippen LogP contribution in [-0.2, 0) is 4.79 Å². The third-order valence-corrected chi connectivity index (χ3v) is 0.299. The van der Waals surface area contributed by atoms with Gasteiger partial charge in [0, 0.05) is 6.92 Å². The van der Waals surface area contributed by atoms with Gasteiger partial charge in [-0.3, -0.25) is 10.1 Å². The van der Waals surface area contributed by atoms with Crippen LogP contribution in [0.2, 0.25) is 0 Å². The van der Waals surface area contributed by atoms with Gasteiger partial charge in [-0.05, 0) is 0 Å². The first-order valence-corrected chi connectivity index (χ1v) is 1.70. The van der Waals surface area contributed by atoms with Gasteiger partial charge in [0.1, 0.15) is 0 Å². The Morgan fingerprint density at radius 3 is 2.00 bits per heavy atom. The molecule has 0 atom stereocenters. The summed E-state index contributed by atoms with van der Waals surface area (Å²) in [6, 6.07) is -0.812. The number of hydrogen-bond donors (Lipinski definition) is 2. The lowest BCUT2D eigenvalue weighted by atomic mass is 10.7. The van der Waals surface area contributed by atoms with Gasteiger partial charge in [0.25, 0.3) is 0 Å². The minimum absolute atomic E-state index is 0.437. The molecule has 4 nitrogen and oxygen atoms in total. The molecule has 0 radical (unpaired) electrons. The number of primary amides is 1. The minimum Gasteiger partial charge on any atom is -0.351 e. The summed E-state index contributed by atoms with van der Waals surface area (Å²) in [5.41, 5.74) is 4.52. The Hall–Kier alpha value is -1.06. The first-order chi connectivity index (χ1) is 3.13. The molecule has 0 unspecified atom stereocenters. The number of hydrogen-bond acceptors (Lipinski definition) is 2. The van der Waals surface area contributed by atoms with Crippen LogP contribution in [0.5, 0.6) is 0 Å². The smallest absolute Gasteiger partial charge is 0.318 e. The van der Waals surface area contributed by atoms with E-state index in [0.29, 0.717) is 0 Å². The standard InChI is InChI=1S/C3H6N2O2/c1-2(6)5-3(4)7/h1H3,(H3,4,5,6,7). The topological polar surface area (TPSA) is 72.2 Å². The summed E-state index contributed by atoms with van der Waals surface area (Å²) in [7, 11) is 0. The summed E-state index contributed by atoms with van der Waals surface area (Å²) < 4.78 is 0. The van der Waals surface area contributed by atoms with Crippen molar-refractivity contribution >= 4 is 11.9 Å². The Morgan fingerprint density at radius 1 is 1.57 bits per heavy atom. The van der Waals surface area contributed by atoms with Crippen LogP contribution in [0.3, 0.4) is 0 Å². The molecular weight excluding hydrogens is 96.0 g/mol. The highest BCUT2D eigenvalue weighted by Crippen LogP contribution is 1.55. The number of carbonyl (C=O) groups is 2. The van der Waals surface area contributed by atoms with Gasteiger partial charge in [-0.25, -0.2) is 4.79 Å². The highest BCUT2D eigenvalue weighted by Gasteiger charge is 1.91. The fourth-order valence-corrected chi connectivity index (χ4v) is 0.173. The number of nitrogens with two attached hydrogens (primary N) is 1. The van der Waals surface area contributed by atoms with Gasteiger partial charge >= 0.3 is 6.03 Å². The SMILES string of the molecule is CC(=O)NC(N)=O. The molecule has 40 valence electrons. The molecule has 0 aromatic rings. The normalized spacial score (nSPS) is 7.57. The zero-order chi connectivity index (χ0) is 5.86. The number of amides is 3. The largest absolute Gasteiger partial charge is 0.351 e. The van der Waals surface area contributed by atoms with Gasteiger partial charge in [-0.1, -0.05) is 0 Å². The molecular formula is C3H6N2O2. The van der Waals surface area contributed by atoms with E-state index in [1.165, 1.54) is 6.92 Å². The van der Waals surface area contributed by atoms with E-state index < -0.39 is 11.9 Å². The van der Waals surface area contributed by atoms with Crippen molar-refractivity contribution in [3.05, 3.63) is 0 Å². The van der Waals surface area contributed by atoms with Crippen molar-refractivity contribution in [3.63, 3.8) is 0 Å². The molecule has 0 aliphatic carbocycles. The fourth-order valence-electron chi connectivity index (χ4n) is 0.173. The lowest BCUT2D eigenvalue weighted by molar-refractivity contribution is -0.117. The van der Waals surface area contributed by atoms with Crippen molar-refractivity contribution in [3.8, 4) is 0 Å². The second kappa shape index (κ2) is 2.17. The summed E-state index contributed by atoms with van der Waals surface area (Å²) >= 11 is 0. The summed E-state index contributed by atoms with van der Waals surface area (Å²) in [5, 5.41) is 1.81. The molecule has 0 aromatic heterocycles. The third kappa shape index (κ3) is 4.94. The average Bonchev–Trinajstić information content (AvgIpc) is 1.27. The quantitative estimate of drug-likeness (QED) is 0.420. The van der Waals surface area contributed by atoms with E-state index in [1.54, 1.807) is 5.32 Å². The number of nitrogens with one attached hydrogen (secondary N) is 1. The number of imide groups is 1. The first-order valence-electron chi connectivity index (χ1n) is 1.70. The van der Waals surface area contributed by atoms with E-state index in [0.717, 1.165) is 0 Å². The van der Waals surface area contributed by atoms with Crippen LogP contribution in [0.1, 0.15) is 6.92 Å². The van der Waals surface area contributed by atoms with E-state index in [1.807, 2.05) is 0 Å². The molecule has 0 spiro atoms. The molecule has 0 aliphatic heterocycles. The maximum atomic E-state index is 9.84. The van der Waals surface area contributed by atoms with Crippen molar-refractivity contribution in [2.45, 2.75) is 6.92 Å². The van der Waals surface area contributed by atoms with E-state index in [-0.39, 0.29) is 0 Å². The Bertz CT molecular complexity index is 87.1. The molecule has 3 N–H and O–H groups in total. The van der Waals surface area contributed by atoms with Gasteiger partial charge in [-0.15, -0.1) is 0 Å². The molecule has 7 heavy (non-hydrogen) atoms. The molecule has 0 saturated heterocycles. The minimum atomic E-state index is -0.812. The number of carbonyl (C=O) groups excluding carboxylic acids is 2. The van der Waals surface area contributed by atoms with Crippen LogP contribution in [0.15, 0.2) is 0 Å². The molecule has 0 bridgehead atoms. The molecule has 0 aromatic carbocycles. The van der Waals surface area contributed by atoms with Gasteiger partial charge < -0.3 is 5.73 Å². The number of rotatable bonds is 0. The number of urea groups is 1. The highest BCUT2D eigenvalue weighted by atomic mass is 16.2. The Kier molecular flexibility index (Phi) is 1.84. The van der Waals surface area contributed by atoms with E-state index >= 15 is 0 Å². The maximum Gasteiger partial charge on any atom is 0.318 e. The zero-order valence-corrected chi connectivity index (χ0v) is 3.89. The van der Waals surface area contributed by atoms with E-state index in [4.69, 9.17) is 0 Å². The molecule has 0 heterocycles. The second-order valence-electron chi connectivity index (χ2n) is 1.05. The van der Waals surface area contributed by atoms with Crippen LogP contribution < -0.4 is 11.1 Å². The fraction of sp³-hybridized carbons (Fsp3) is 0.333. The van der Waals surface area contributed by atoms with Crippen LogP contribution >= 0.6 is 0 Å². The summed E-state index contributed by atoms with van der Waals surface area (Å²) in [5.74, 6) is -0.437. The molecule has 3 amide bonds. The lowest BCUT2D eigenvalue weighted by Crippen LogP contribution is -2.32. The molecule has 4 heteroatoms. The summed E-state index contributed by atoms with van der Waals surface area (Å²) in [6.07, 6.45) is 0. The Labute approximate surface area is 40.7 Å². The zero-order valence-electron chi connectivity index (χ0n) is 3.89. The predicted octanol–water partition coefficient (Wildman–Crippen LogP) is -0.799. The first kappa shape index (κ1) is 5.94. The van der Waals surface area contributed by atoms with Gasteiger partial charge in [0.2, 0.25) is 5.91 Å². The van der Waals surface area contributed by atoms with Crippen molar-refractivity contribution in [1.82, 2.24) is 5.32 Å². The van der Waals surface area contributed by atoms with Crippen LogP contribution in [0.4, 0.5) is 4.79 Å². The van der Waals surface area contributed by atoms with Crippen molar-refractivity contribution in [2.75, 3.05) is 0 Å². The van der Waals surface area contributed by atoms with Crippen molar-refractivity contribution in [1.29, 1.82) is 0 Å². The Balaban J connectivity index is 3.32. The second-order valence-corrected chi connectivity index (χ2v) is 1.05.